The van der Waals surface area contributed by atoms with Crippen LogP contribution >= 0.6 is 0 Å². The van der Waals surface area contributed by atoms with Crippen molar-refractivity contribution in [1.82, 2.24) is 0 Å². The van der Waals surface area contributed by atoms with Gasteiger partial charge in [0.1, 0.15) is 18.1 Å². The van der Waals surface area contributed by atoms with Gasteiger partial charge in [-0.1, -0.05) is 18.2 Å². The highest BCUT2D eigenvalue weighted by molar-refractivity contribution is 5.84. The number of hydrogen-bond acceptors (Lipinski definition) is 6. The summed E-state index contributed by atoms with van der Waals surface area (Å²) in [4.78, 5) is 0. The molecule has 0 atom stereocenters. The molecular weight excluding hydrogens is 320 g/mol. The van der Waals surface area contributed by atoms with Crippen molar-refractivity contribution in [2.24, 2.45) is 0 Å². The molecule has 0 spiro atoms. The Balaban J connectivity index is 1.81. The number of rotatable bonds is 4. The van der Waals surface area contributed by atoms with Crippen LogP contribution in [0.2, 0.25) is 0 Å². The maximum Gasteiger partial charge on any atom is 0.181 e. The Labute approximate surface area is 144 Å². The van der Waals surface area contributed by atoms with Crippen LogP contribution in [-0.4, -0.2) is 15.3 Å². The zero-order valence-corrected chi connectivity index (χ0v) is 13.3. The fraction of sp³-hybridized carbons (Fsp3) is 0.0526. The maximum absolute atomic E-state index is 9.75. The second-order valence-electron chi connectivity index (χ2n) is 5.60. The van der Waals surface area contributed by atoms with E-state index in [-0.39, 0.29) is 22.9 Å². The third-order valence-corrected chi connectivity index (χ3v) is 3.85. The summed E-state index contributed by atoms with van der Waals surface area (Å²) in [6.45, 7) is 0.311. The predicted molar refractivity (Wildman–Crippen MR) is 96.5 cm³/mol. The van der Waals surface area contributed by atoms with Crippen LogP contribution in [0.25, 0.3) is 11.1 Å². The van der Waals surface area contributed by atoms with Gasteiger partial charge in [-0.3, -0.25) is 0 Å². The van der Waals surface area contributed by atoms with Crippen molar-refractivity contribution in [2.75, 3.05) is 11.5 Å². The lowest BCUT2D eigenvalue weighted by Crippen LogP contribution is -1.99. The molecule has 7 N–H and O–H groups in total. The smallest absolute Gasteiger partial charge is 0.181 e. The molecule has 0 fully saturated rings. The number of phenols is 3. The van der Waals surface area contributed by atoms with Gasteiger partial charge >= 0.3 is 0 Å². The molecule has 0 aromatic heterocycles. The summed E-state index contributed by atoms with van der Waals surface area (Å²) in [5, 5.41) is 28.5. The van der Waals surface area contributed by atoms with E-state index in [2.05, 4.69) is 0 Å². The Hall–Kier alpha value is -3.54. The molecule has 0 unspecified atom stereocenters. The number of hydrogen-bond donors (Lipinski definition) is 5. The number of nitrogen functional groups attached to an aromatic ring is 2. The van der Waals surface area contributed by atoms with Crippen LogP contribution in [0.4, 0.5) is 11.4 Å². The Bertz CT molecular complexity index is 908. The van der Waals surface area contributed by atoms with Gasteiger partial charge in [-0.05, 0) is 47.5 Å². The lowest BCUT2D eigenvalue weighted by Gasteiger charge is -2.13. The maximum atomic E-state index is 9.75. The number of phenolic OH excluding ortho intramolecular Hbond substituents is 3. The van der Waals surface area contributed by atoms with E-state index in [0.717, 1.165) is 5.56 Å². The first-order chi connectivity index (χ1) is 12.0. The Kier molecular flexibility index (Phi) is 4.26. The van der Waals surface area contributed by atoms with Crippen molar-refractivity contribution < 1.29 is 20.1 Å². The summed E-state index contributed by atoms with van der Waals surface area (Å²) in [7, 11) is 0. The first-order valence-corrected chi connectivity index (χ1v) is 7.56. The summed E-state index contributed by atoms with van der Waals surface area (Å²) in [5.41, 5.74) is 14.6. The van der Waals surface area contributed by atoms with Crippen molar-refractivity contribution in [3.8, 4) is 34.1 Å². The molecule has 0 amide bonds. The van der Waals surface area contributed by atoms with Gasteiger partial charge < -0.3 is 31.5 Å². The number of aromatic hydroxyl groups is 3. The molecule has 0 radical (unpaired) electrons. The number of anilines is 2. The minimum Gasteiger partial charge on any atom is -0.508 e. The molecule has 0 aliphatic heterocycles. The quantitative estimate of drug-likeness (QED) is 0.368. The molecule has 0 heterocycles. The van der Waals surface area contributed by atoms with Crippen LogP contribution in [0.5, 0.6) is 23.0 Å². The third-order valence-electron chi connectivity index (χ3n) is 3.85. The number of nitrogens with two attached hydrogens (primary N) is 2. The van der Waals surface area contributed by atoms with E-state index in [1.807, 2.05) is 0 Å². The molecule has 0 bridgehead atoms. The molecular formula is C19H18N2O4. The molecule has 0 aliphatic carbocycles. The minimum atomic E-state index is -0.358. The standard InChI is InChI=1S/C19H18N2O4/c20-15-9-12(14-6-7-16(23)19(24)18(14)21)3-8-17(15)25-10-11-1-4-13(22)5-2-11/h1-9,22-24H,10,20-21H2. The summed E-state index contributed by atoms with van der Waals surface area (Å²) >= 11 is 0. The van der Waals surface area contributed by atoms with Gasteiger partial charge in [0.05, 0.1) is 11.4 Å². The number of benzene rings is 3. The lowest BCUT2D eigenvalue weighted by atomic mass is 10.0. The third kappa shape index (κ3) is 3.37. The molecule has 6 nitrogen and oxygen atoms in total. The molecule has 25 heavy (non-hydrogen) atoms. The molecule has 0 saturated heterocycles. The van der Waals surface area contributed by atoms with Crippen molar-refractivity contribution in [2.45, 2.75) is 6.61 Å². The predicted octanol–water partition coefficient (Wildman–Crippen LogP) is 3.21. The monoisotopic (exact) mass is 338 g/mol. The van der Waals surface area contributed by atoms with E-state index in [9.17, 15) is 15.3 Å². The van der Waals surface area contributed by atoms with E-state index >= 15 is 0 Å². The molecule has 6 heteroatoms. The molecule has 3 aromatic carbocycles. The van der Waals surface area contributed by atoms with Crippen molar-refractivity contribution in [3.63, 3.8) is 0 Å². The van der Waals surface area contributed by atoms with Crippen LogP contribution in [0.1, 0.15) is 5.56 Å². The van der Waals surface area contributed by atoms with Gasteiger partial charge in [0, 0.05) is 5.56 Å². The van der Waals surface area contributed by atoms with E-state index in [1.165, 1.54) is 6.07 Å². The van der Waals surface area contributed by atoms with Crippen LogP contribution < -0.4 is 16.2 Å². The molecule has 128 valence electrons. The van der Waals surface area contributed by atoms with Crippen molar-refractivity contribution in [1.29, 1.82) is 0 Å². The Morgan fingerprint density at radius 3 is 2.24 bits per heavy atom. The van der Waals surface area contributed by atoms with E-state index in [1.54, 1.807) is 48.5 Å². The van der Waals surface area contributed by atoms with Gasteiger partial charge in [-0.15, -0.1) is 0 Å². The summed E-state index contributed by atoms with van der Waals surface area (Å²) in [5.74, 6) is 0.0764. The fourth-order valence-corrected chi connectivity index (χ4v) is 2.45. The average molecular weight is 338 g/mol. The van der Waals surface area contributed by atoms with Crippen LogP contribution in [0, 0.1) is 0 Å². The van der Waals surface area contributed by atoms with Crippen LogP contribution in [0.15, 0.2) is 54.6 Å². The SMILES string of the molecule is Nc1cc(-c2ccc(O)c(O)c2N)ccc1OCc1ccc(O)cc1. The zero-order chi connectivity index (χ0) is 18.0. The highest BCUT2D eigenvalue weighted by Crippen LogP contribution is 2.40. The molecule has 0 aliphatic rings. The Morgan fingerprint density at radius 1 is 0.840 bits per heavy atom. The van der Waals surface area contributed by atoms with Gasteiger partial charge in [-0.25, -0.2) is 0 Å². The van der Waals surface area contributed by atoms with Crippen LogP contribution in [0.3, 0.4) is 0 Å². The zero-order valence-electron chi connectivity index (χ0n) is 13.3. The normalized spacial score (nSPS) is 10.6. The molecule has 0 saturated carbocycles. The van der Waals surface area contributed by atoms with Crippen molar-refractivity contribution in [3.05, 3.63) is 60.2 Å². The second kappa shape index (κ2) is 6.52. The topological polar surface area (TPSA) is 122 Å². The largest absolute Gasteiger partial charge is 0.508 e. The highest BCUT2D eigenvalue weighted by Gasteiger charge is 2.12. The van der Waals surface area contributed by atoms with E-state index < -0.39 is 0 Å². The van der Waals surface area contributed by atoms with Crippen LogP contribution in [-0.2, 0) is 6.61 Å². The average Bonchev–Trinajstić information content (AvgIpc) is 2.60. The first kappa shape index (κ1) is 16.3. The molecule has 3 aromatic rings. The van der Waals surface area contributed by atoms with Gasteiger partial charge in [0.15, 0.2) is 11.5 Å². The van der Waals surface area contributed by atoms with Gasteiger partial charge in [-0.2, -0.15) is 0 Å². The summed E-state index contributed by atoms with van der Waals surface area (Å²) in [6.07, 6.45) is 0. The van der Waals surface area contributed by atoms with Gasteiger partial charge in [0.2, 0.25) is 0 Å². The van der Waals surface area contributed by atoms with Gasteiger partial charge in [0.25, 0.3) is 0 Å². The first-order valence-electron chi connectivity index (χ1n) is 7.56. The van der Waals surface area contributed by atoms with E-state index in [0.29, 0.717) is 29.2 Å². The van der Waals surface area contributed by atoms with Crippen molar-refractivity contribution >= 4 is 11.4 Å². The lowest BCUT2D eigenvalue weighted by molar-refractivity contribution is 0.308. The minimum absolute atomic E-state index is 0.0807. The second-order valence-corrected chi connectivity index (χ2v) is 5.60. The van der Waals surface area contributed by atoms with E-state index in [4.69, 9.17) is 16.2 Å². The summed E-state index contributed by atoms with van der Waals surface area (Å²) < 4.78 is 5.70. The number of ether oxygens (including phenoxy) is 1. The summed E-state index contributed by atoms with van der Waals surface area (Å²) in [6, 6.07) is 14.9. The highest BCUT2D eigenvalue weighted by atomic mass is 16.5. The molecule has 3 rings (SSSR count). The Morgan fingerprint density at radius 2 is 1.56 bits per heavy atom. The fourth-order valence-electron chi connectivity index (χ4n) is 2.45.